The van der Waals surface area contributed by atoms with E-state index < -0.39 is 0 Å². The third-order valence-corrected chi connectivity index (χ3v) is 6.62. The van der Waals surface area contributed by atoms with E-state index in [9.17, 15) is 19.2 Å². The molecular weight excluding hydrogens is 414 g/mol. The van der Waals surface area contributed by atoms with Crippen molar-refractivity contribution in [1.29, 1.82) is 0 Å². The second kappa shape index (κ2) is 8.63. The minimum absolute atomic E-state index is 0.00346. The van der Waals surface area contributed by atoms with E-state index in [4.69, 9.17) is 0 Å². The van der Waals surface area contributed by atoms with E-state index >= 15 is 0 Å². The highest BCUT2D eigenvalue weighted by atomic mass is 32.1. The molecule has 2 aliphatic heterocycles. The zero-order chi connectivity index (χ0) is 22.1. The number of likely N-dealkylation sites (tertiary alicyclic amines) is 1. The lowest BCUT2D eigenvalue weighted by Crippen LogP contribution is -2.46. The Labute approximate surface area is 185 Å². The molecule has 0 radical (unpaired) electrons. The van der Waals surface area contributed by atoms with E-state index in [1.165, 1.54) is 11.0 Å². The normalized spacial score (nSPS) is 16.7. The van der Waals surface area contributed by atoms with Gasteiger partial charge in [-0.25, -0.2) is 0 Å². The standard InChI is InChI=1S/C23H25N3O4S/c1-14(2)26-22(29)18-6-5-15(12-19(18)23(26)30)21(28)25-9-7-16(8-10-25)24-20(27)13-17-4-3-11-31-17/h3-6,11-12,14,16H,7-10,13H2,1-2H3,(H,24,27). The Morgan fingerprint density at radius 3 is 2.45 bits per heavy atom. The van der Waals surface area contributed by atoms with E-state index in [0.29, 0.717) is 49.0 Å². The predicted octanol–water partition coefficient (Wildman–Crippen LogP) is 2.72. The predicted molar refractivity (Wildman–Crippen MR) is 117 cm³/mol. The molecule has 4 amide bonds. The van der Waals surface area contributed by atoms with Crippen LogP contribution in [0.3, 0.4) is 0 Å². The molecule has 7 nitrogen and oxygen atoms in total. The number of fused-ring (bicyclic) bond motifs is 1. The molecular formula is C23H25N3O4S. The third kappa shape index (κ3) is 4.25. The Kier molecular flexibility index (Phi) is 5.91. The Balaban J connectivity index is 1.36. The number of nitrogens with one attached hydrogen (secondary N) is 1. The summed E-state index contributed by atoms with van der Waals surface area (Å²) < 4.78 is 0. The summed E-state index contributed by atoms with van der Waals surface area (Å²) in [6.45, 7) is 4.64. The van der Waals surface area contributed by atoms with Gasteiger partial charge < -0.3 is 10.2 Å². The van der Waals surface area contributed by atoms with Crippen LogP contribution in [0.4, 0.5) is 0 Å². The van der Waals surface area contributed by atoms with Crippen molar-refractivity contribution in [2.45, 2.75) is 45.2 Å². The number of hydrogen-bond donors (Lipinski definition) is 1. The van der Waals surface area contributed by atoms with Gasteiger partial charge in [-0.3, -0.25) is 24.1 Å². The smallest absolute Gasteiger partial charge is 0.261 e. The molecule has 3 heterocycles. The lowest BCUT2D eigenvalue weighted by molar-refractivity contribution is -0.121. The molecule has 162 valence electrons. The van der Waals surface area contributed by atoms with Crippen LogP contribution in [0.25, 0.3) is 0 Å². The molecule has 2 aromatic rings. The first-order valence-electron chi connectivity index (χ1n) is 10.5. The van der Waals surface area contributed by atoms with Crippen LogP contribution >= 0.6 is 11.3 Å². The van der Waals surface area contributed by atoms with Gasteiger partial charge in [0, 0.05) is 35.6 Å². The van der Waals surface area contributed by atoms with Gasteiger partial charge in [0.15, 0.2) is 0 Å². The molecule has 31 heavy (non-hydrogen) atoms. The molecule has 0 unspecified atom stereocenters. The summed E-state index contributed by atoms with van der Waals surface area (Å²) in [5.41, 5.74) is 1.05. The molecule has 1 saturated heterocycles. The van der Waals surface area contributed by atoms with Crippen molar-refractivity contribution in [3.63, 3.8) is 0 Å². The Morgan fingerprint density at radius 1 is 1.10 bits per heavy atom. The molecule has 0 bridgehead atoms. The minimum atomic E-state index is -0.350. The number of nitrogens with zero attached hydrogens (tertiary/aromatic N) is 2. The van der Waals surface area contributed by atoms with Crippen molar-refractivity contribution >= 4 is 35.0 Å². The number of benzene rings is 1. The van der Waals surface area contributed by atoms with Gasteiger partial charge in [-0.1, -0.05) is 6.07 Å². The lowest BCUT2D eigenvalue weighted by Gasteiger charge is -2.32. The molecule has 1 N–H and O–H groups in total. The first kappa shape index (κ1) is 21.2. The van der Waals surface area contributed by atoms with E-state index in [-0.39, 0.29) is 35.7 Å². The second-order valence-electron chi connectivity index (χ2n) is 8.22. The summed E-state index contributed by atoms with van der Waals surface area (Å²) in [4.78, 5) is 54.2. The van der Waals surface area contributed by atoms with Gasteiger partial charge in [0.1, 0.15) is 0 Å². The molecule has 0 atom stereocenters. The summed E-state index contributed by atoms with van der Waals surface area (Å²) in [6, 6.07) is 8.42. The summed E-state index contributed by atoms with van der Waals surface area (Å²) in [6.07, 6.45) is 1.75. The summed E-state index contributed by atoms with van der Waals surface area (Å²) in [5, 5.41) is 5.01. The van der Waals surface area contributed by atoms with Crippen molar-refractivity contribution in [3.8, 4) is 0 Å². The van der Waals surface area contributed by atoms with Crippen LogP contribution < -0.4 is 5.32 Å². The van der Waals surface area contributed by atoms with Crippen LogP contribution in [0, 0.1) is 0 Å². The minimum Gasteiger partial charge on any atom is -0.353 e. The topological polar surface area (TPSA) is 86.8 Å². The number of amides is 4. The van der Waals surface area contributed by atoms with E-state index in [2.05, 4.69) is 5.32 Å². The fraction of sp³-hybridized carbons (Fsp3) is 0.391. The van der Waals surface area contributed by atoms with E-state index in [1.54, 1.807) is 42.2 Å². The summed E-state index contributed by atoms with van der Waals surface area (Å²) in [7, 11) is 0. The second-order valence-corrected chi connectivity index (χ2v) is 9.26. The number of rotatable bonds is 5. The number of thiophene rings is 1. The number of carbonyl (C=O) groups is 4. The molecule has 8 heteroatoms. The van der Waals surface area contributed by atoms with Gasteiger partial charge in [0.05, 0.1) is 17.5 Å². The van der Waals surface area contributed by atoms with Crippen LogP contribution in [0.1, 0.15) is 62.6 Å². The average Bonchev–Trinajstić information content (AvgIpc) is 3.34. The van der Waals surface area contributed by atoms with Gasteiger partial charge in [0.25, 0.3) is 17.7 Å². The van der Waals surface area contributed by atoms with Gasteiger partial charge in [-0.15, -0.1) is 11.3 Å². The fourth-order valence-electron chi connectivity index (χ4n) is 4.12. The number of hydrogen-bond acceptors (Lipinski definition) is 5. The fourth-order valence-corrected chi connectivity index (χ4v) is 4.82. The molecule has 0 saturated carbocycles. The third-order valence-electron chi connectivity index (χ3n) is 5.74. The van der Waals surface area contributed by atoms with Gasteiger partial charge in [0.2, 0.25) is 5.91 Å². The van der Waals surface area contributed by atoms with Gasteiger partial charge >= 0.3 is 0 Å². The Morgan fingerprint density at radius 2 is 1.81 bits per heavy atom. The van der Waals surface area contributed by atoms with Crippen molar-refractivity contribution in [1.82, 2.24) is 15.1 Å². The summed E-state index contributed by atoms with van der Waals surface area (Å²) >= 11 is 1.56. The van der Waals surface area contributed by atoms with Crippen LogP contribution in [-0.2, 0) is 11.2 Å². The monoisotopic (exact) mass is 439 g/mol. The van der Waals surface area contributed by atoms with Gasteiger partial charge in [-0.2, -0.15) is 0 Å². The molecule has 0 aliphatic carbocycles. The van der Waals surface area contributed by atoms with Crippen LogP contribution in [-0.4, -0.2) is 58.6 Å². The first-order chi connectivity index (χ1) is 14.8. The molecule has 1 aromatic carbocycles. The summed E-state index contributed by atoms with van der Waals surface area (Å²) in [5.74, 6) is -0.817. The van der Waals surface area contributed by atoms with Crippen LogP contribution in [0.15, 0.2) is 35.7 Å². The zero-order valence-corrected chi connectivity index (χ0v) is 18.4. The molecule has 4 rings (SSSR count). The maximum atomic E-state index is 13.0. The van der Waals surface area contributed by atoms with E-state index in [0.717, 1.165) is 4.88 Å². The lowest BCUT2D eigenvalue weighted by atomic mass is 10.0. The largest absolute Gasteiger partial charge is 0.353 e. The van der Waals surface area contributed by atoms with Crippen molar-refractivity contribution < 1.29 is 19.2 Å². The number of piperidine rings is 1. The van der Waals surface area contributed by atoms with Gasteiger partial charge in [-0.05, 0) is 56.3 Å². The highest BCUT2D eigenvalue weighted by Crippen LogP contribution is 2.26. The SMILES string of the molecule is CC(C)N1C(=O)c2ccc(C(=O)N3CCC(NC(=O)Cc4cccs4)CC3)cc2C1=O. The van der Waals surface area contributed by atoms with E-state index in [1.807, 2.05) is 17.5 Å². The maximum Gasteiger partial charge on any atom is 0.261 e. The quantitative estimate of drug-likeness (QED) is 0.726. The first-order valence-corrected chi connectivity index (χ1v) is 11.4. The number of imide groups is 1. The van der Waals surface area contributed by atoms with Crippen LogP contribution in [0.2, 0.25) is 0 Å². The molecule has 1 fully saturated rings. The van der Waals surface area contributed by atoms with Crippen molar-refractivity contribution in [2.75, 3.05) is 13.1 Å². The average molecular weight is 440 g/mol. The molecule has 0 spiro atoms. The maximum absolute atomic E-state index is 13.0. The molecule has 1 aromatic heterocycles. The highest BCUT2D eigenvalue weighted by Gasteiger charge is 2.38. The number of carbonyl (C=O) groups excluding carboxylic acids is 4. The Bertz CT molecular complexity index is 1020. The highest BCUT2D eigenvalue weighted by molar-refractivity contribution is 7.10. The molecule has 2 aliphatic rings. The van der Waals surface area contributed by atoms with Crippen molar-refractivity contribution in [3.05, 3.63) is 57.3 Å². The van der Waals surface area contributed by atoms with Crippen LogP contribution in [0.5, 0.6) is 0 Å². The Hall–Kier alpha value is -3.00. The van der Waals surface area contributed by atoms with Crippen molar-refractivity contribution in [2.24, 2.45) is 0 Å². The zero-order valence-electron chi connectivity index (χ0n) is 17.6.